The molecular weight excluding hydrogens is 1540 g/mol. The Hall–Kier alpha value is -4.74. The van der Waals surface area contributed by atoms with Gasteiger partial charge in [0.25, 0.3) is 0 Å². The van der Waals surface area contributed by atoms with Crippen LogP contribution in [-0.2, 0) is 57.2 Å². The van der Waals surface area contributed by atoms with E-state index in [-0.39, 0.29) is 62.2 Å². The van der Waals surface area contributed by atoms with Crippen LogP contribution in [0.4, 0.5) is 0 Å². The van der Waals surface area contributed by atoms with Gasteiger partial charge in [-0.3, -0.25) is 28.8 Å². The molecule has 0 N–H and O–H groups in total. The molecule has 0 saturated heterocycles. The molecule has 0 aromatic rings. The minimum absolute atomic E-state index is 0.0779. The van der Waals surface area contributed by atoms with Crippen LogP contribution in [0.15, 0.2) is 72.9 Å². The lowest BCUT2D eigenvalue weighted by Crippen LogP contribution is -2.30. The van der Waals surface area contributed by atoms with Crippen molar-refractivity contribution in [3.05, 3.63) is 72.9 Å². The molecule has 124 heavy (non-hydrogen) atoms. The molecule has 2 atom stereocenters. The van der Waals surface area contributed by atoms with E-state index < -0.39 is 12.2 Å². The standard InChI is InChI=1S/C57H104O6.C55H100O6/c1-4-7-10-13-16-19-22-25-28-31-34-37-40-43-46-49-55(58)61-52-54(63-57(60)51-48-45-42-39-36-33-30-27-24-21-18-15-12-9-6-3)53-62-56(59)50-47-44-41-38-35-32-29-26-23-20-17-14-11-8-5-2;1-4-7-10-13-16-19-22-25-27-30-32-35-38-41-44-47-53(56)59-50-52(61-55(58)49-46-43-40-37-34-29-24-21-18-15-12-9-6-3)51-60-54(57)48-45-42-39-36-33-31-28-26-23-20-17-14-11-8-5-2/h16,19,25-26,28-29,54H,4-15,17-18,20-24,27,30-53H2,1-3H3;16,19,25-28,52H,4-15,17-18,20-24,29-51H2,1-3H3/b19-16-,28-25-,29-26-;19-16-,27-25-,28-26-. The zero-order chi connectivity index (χ0) is 90.2. The van der Waals surface area contributed by atoms with Crippen LogP contribution in [0.25, 0.3) is 0 Å². The van der Waals surface area contributed by atoms with Gasteiger partial charge in [0.2, 0.25) is 0 Å². The summed E-state index contributed by atoms with van der Waals surface area (Å²) in [7, 11) is 0. The van der Waals surface area contributed by atoms with E-state index in [1.54, 1.807) is 0 Å². The number of carbonyl (C=O) groups excluding carboxylic acids is 6. The summed E-state index contributed by atoms with van der Waals surface area (Å²) in [6, 6.07) is 0. The highest BCUT2D eigenvalue weighted by Crippen LogP contribution is 2.21. The summed E-state index contributed by atoms with van der Waals surface area (Å²) >= 11 is 0. The Labute approximate surface area is 768 Å². The SMILES string of the molecule is CCCCC/C=C\C/C=C\CCCCCCCC(=O)OCC(COC(=O)CCCCCCC/C=C\CCCCCCCC)OC(=O)CCCCCCCCCCCCCCC.CCCCC/C=C\C/C=C\CCCCCCCC(=O)OCC(COC(=O)CCCCCCC/C=C\CCCCCCCC)OC(=O)CCCCCCCCCCCCCCCCC. The average molecular weight is 1740 g/mol. The maximum Gasteiger partial charge on any atom is 0.306 e. The van der Waals surface area contributed by atoms with Gasteiger partial charge >= 0.3 is 35.8 Å². The summed E-state index contributed by atoms with van der Waals surface area (Å²) in [5, 5.41) is 0. The van der Waals surface area contributed by atoms with Crippen LogP contribution in [0.5, 0.6) is 0 Å². The predicted molar refractivity (Wildman–Crippen MR) is 531 cm³/mol. The van der Waals surface area contributed by atoms with E-state index in [9.17, 15) is 28.8 Å². The lowest BCUT2D eigenvalue weighted by Gasteiger charge is -2.18. The monoisotopic (exact) mass is 1740 g/mol. The second kappa shape index (κ2) is 107. The average Bonchev–Trinajstić information content (AvgIpc) is 0.945. The fourth-order valence-corrected chi connectivity index (χ4v) is 15.5. The van der Waals surface area contributed by atoms with Crippen molar-refractivity contribution in [2.24, 2.45) is 0 Å². The van der Waals surface area contributed by atoms with Crippen molar-refractivity contribution in [1.29, 1.82) is 0 Å². The van der Waals surface area contributed by atoms with Crippen molar-refractivity contribution in [3.63, 3.8) is 0 Å². The number of rotatable bonds is 98. The first-order valence-corrected chi connectivity index (χ1v) is 54.0. The van der Waals surface area contributed by atoms with Crippen molar-refractivity contribution in [2.75, 3.05) is 26.4 Å². The van der Waals surface area contributed by atoms with Gasteiger partial charge in [0.1, 0.15) is 26.4 Å². The molecule has 0 fully saturated rings. The van der Waals surface area contributed by atoms with Crippen molar-refractivity contribution in [2.45, 2.75) is 580 Å². The van der Waals surface area contributed by atoms with Crippen LogP contribution in [0.2, 0.25) is 0 Å². The summed E-state index contributed by atoms with van der Waals surface area (Å²) < 4.78 is 33.6. The Morgan fingerprint density at radius 2 is 0.290 bits per heavy atom. The summed E-state index contributed by atoms with van der Waals surface area (Å²) in [4.78, 5) is 76.0. The third-order valence-electron chi connectivity index (χ3n) is 23.7. The number of hydrogen-bond acceptors (Lipinski definition) is 12. The Morgan fingerprint density at radius 3 is 0.468 bits per heavy atom. The Morgan fingerprint density at radius 1 is 0.161 bits per heavy atom. The van der Waals surface area contributed by atoms with Crippen LogP contribution in [-0.4, -0.2) is 74.5 Å². The lowest BCUT2D eigenvalue weighted by molar-refractivity contribution is -0.167. The minimum atomic E-state index is -0.777. The molecule has 0 spiro atoms. The quantitative estimate of drug-likeness (QED) is 0.0246. The fraction of sp³-hybridized carbons (Fsp3) is 0.839. The molecule has 0 heterocycles. The van der Waals surface area contributed by atoms with Crippen LogP contribution in [0.1, 0.15) is 568 Å². The molecule has 0 aliphatic carbocycles. The molecule has 12 nitrogen and oxygen atoms in total. The molecule has 0 bridgehead atoms. The lowest BCUT2D eigenvalue weighted by atomic mass is 10.0. The number of ether oxygens (including phenoxy) is 6. The molecular formula is C112H204O12. The number of esters is 6. The first-order valence-electron chi connectivity index (χ1n) is 54.0. The molecule has 0 amide bonds. The van der Waals surface area contributed by atoms with E-state index in [2.05, 4.69) is 114 Å². The third-order valence-corrected chi connectivity index (χ3v) is 23.7. The Kier molecular flexibility index (Phi) is 105. The molecule has 0 aromatic carbocycles. The highest BCUT2D eigenvalue weighted by atomic mass is 16.6. The maximum atomic E-state index is 12.8. The molecule has 0 radical (unpaired) electrons. The van der Waals surface area contributed by atoms with Gasteiger partial charge < -0.3 is 28.4 Å². The first kappa shape index (κ1) is 121. The van der Waals surface area contributed by atoms with Gasteiger partial charge in [-0.05, 0) is 154 Å². The van der Waals surface area contributed by atoms with Crippen LogP contribution < -0.4 is 0 Å². The summed E-state index contributed by atoms with van der Waals surface area (Å²) in [5.74, 6) is -1.77. The number of unbranched alkanes of at least 4 members (excludes halogenated alkanes) is 64. The number of hydrogen-bond donors (Lipinski definition) is 0. The molecule has 2 unspecified atom stereocenters. The normalized spacial score (nSPS) is 12.2. The van der Waals surface area contributed by atoms with Crippen LogP contribution in [0, 0.1) is 0 Å². The van der Waals surface area contributed by atoms with Crippen molar-refractivity contribution < 1.29 is 57.2 Å². The van der Waals surface area contributed by atoms with E-state index in [0.717, 1.165) is 167 Å². The molecule has 0 saturated carbocycles. The summed E-state index contributed by atoms with van der Waals surface area (Å²) in [5.41, 5.74) is 0. The van der Waals surface area contributed by atoms with Gasteiger partial charge in [-0.2, -0.15) is 0 Å². The molecule has 0 rings (SSSR count). The summed E-state index contributed by atoms with van der Waals surface area (Å²) in [6.45, 7) is 13.2. The maximum absolute atomic E-state index is 12.8. The first-order chi connectivity index (χ1) is 61.1. The topological polar surface area (TPSA) is 158 Å². The highest BCUT2D eigenvalue weighted by Gasteiger charge is 2.22. The predicted octanol–water partition coefficient (Wildman–Crippen LogP) is 35.4. The minimum Gasteiger partial charge on any atom is -0.462 e. The molecule has 12 heteroatoms. The van der Waals surface area contributed by atoms with Gasteiger partial charge in [0, 0.05) is 38.5 Å². The van der Waals surface area contributed by atoms with Crippen molar-refractivity contribution in [3.8, 4) is 0 Å². The molecule has 0 aliphatic rings. The third kappa shape index (κ3) is 104. The fourth-order valence-electron chi connectivity index (χ4n) is 15.5. The molecule has 0 aliphatic heterocycles. The van der Waals surface area contributed by atoms with Gasteiger partial charge in [-0.15, -0.1) is 0 Å². The Balaban J connectivity index is 0. The van der Waals surface area contributed by atoms with Crippen molar-refractivity contribution in [1.82, 2.24) is 0 Å². The second-order valence-corrected chi connectivity index (χ2v) is 36.3. The molecule has 724 valence electrons. The zero-order valence-electron chi connectivity index (χ0n) is 82.8. The highest BCUT2D eigenvalue weighted by molar-refractivity contribution is 5.72. The second-order valence-electron chi connectivity index (χ2n) is 36.3. The van der Waals surface area contributed by atoms with Gasteiger partial charge in [0.15, 0.2) is 12.2 Å². The van der Waals surface area contributed by atoms with Gasteiger partial charge in [0.05, 0.1) is 0 Å². The molecule has 0 aromatic heterocycles. The number of carbonyl (C=O) groups is 6. The van der Waals surface area contributed by atoms with Gasteiger partial charge in [-0.25, -0.2) is 0 Å². The van der Waals surface area contributed by atoms with E-state index in [0.29, 0.717) is 38.5 Å². The zero-order valence-corrected chi connectivity index (χ0v) is 82.8. The van der Waals surface area contributed by atoms with Crippen LogP contribution in [0.3, 0.4) is 0 Å². The Bertz CT molecular complexity index is 2420. The van der Waals surface area contributed by atoms with E-state index in [1.165, 1.54) is 321 Å². The van der Waals surface area contributed by atoms with Crippen molar-refractivity contribution >= 4 is 35.8 Å². The van der Waals surface area contributed by atoms with E-state index in [4.69, 9.17) is 28.4 Å². The van der Waals surface area contributed by atoms with E-state index in [1.807, 2.05) is 0 Å². The largest absolute Gasteiger partial charge is 0.462 e. The summed E-state index contributed by atoms with van der Waals surface area (Å²) in [6.07, 6.45) is 120. The van der Waals surface area contributed by atoms with Crippen LogP contribution >= 0.6 is 0 Å². The smallest absolute Gasteiger partial charge is 0.306 e. The number of allylic oxidation sites excluding steroid dienone is 12. The van der Waals surface area contributed by atoms with Gasteiger partial charge in [-0.1, -0.05) is 448 Å². The van der Waals surface area contributed by atoms with E-state index >= 15 is 0 Å².